The Kier molecular flexibility index (Phi) is 5.57. The fourth-order valence-electron chi connectivity index (χ4n) is 2.46. The average molecular weight is 260 g/mol. The van der Waals surface area contributed by atoms with E-state index >= 15 is 0 Å². The van der Waals surface area contributed by atoms with Crippen LogP contribution in [0.1, 0.15) is 25.7 Å². The lowest BCUT2D eigenvalue weighted by atomic mass is 9.85. The van der Waals surface area contributed by atoms with E-state index in [4.69, 9.17) is 5.26 Å². The third-order valence-corrected chi connectivity index (χ3v) is 4.47. The molecule has 0 heterocycles. The van der Waals surface area contributed by atoms with Crippen LogP contribution < -0.4 is 5.32 Å². The van der Waals surface area contributed by atoms with Gasteiger partial charge < -0.3 is 5.32 Å². The second-order valence-electron chi connectivity index (χ2n) is 4.74. The van der Waals surface area contributed by atoms with Crippen LogP contribution >= 0.6 is 11.8 Å². The second kappa shape index (κ2) is 7.45. The highest BCUT2D eigenvalue weighted by Gasteiger charge is 2.23. The molecule has 0 bridgehead atoms. The highest BCUT2D eigenvalue weighted by atomic mass is 32.2. The van der Waals surface area contributed by atoms with E-state index in [-0.39, 0.29) is 5.92 Å². The minimum Gasteiger partial charge on any atom is -0.312 e. The molecular weight excluding hydrogens is 240 g/mol. The van der Waals surface area contributed by atoms with Crippen molar-refractivity contribution in [3.05, 3.63) is 30.3 Å². The van der Waals surface area contributed by atoms with Crippen LogP contribution in [0.15, 0.2) is 35.2 Å². The van der Waals surface area contributed by atoms with Crippen molar-refractivity contribution in [3.63, 3.8) is 0 Å². The highest BCUT2D eigenvalue weighted by Crippen LogP contribution is 2.24. The summed E-state index contributed by atoms with van der Waals surface area (Å²) in [6, 6.07) is 13.3. The number of rotatable bonds is 5. The summed E-state index contributed by atoms with van der Waals surface area (Å²) >= 11 is 1.87. The summed E-state index contributed by atoms with van der Waals surface area (Å²) in [7, 11) is 0. The monoisotopic (exact) mass is 260 g/mol. The van der Waals surface area contributed by atoms with Crippen LogP contribution in [0.4, 0.5) is 0 Å². The van der Waals surface area contributed by atoms with Crippen LogP contribution in [0.3, 0.4) is 0 Å². The average Bonchev–Trinajstić information content (AvgIpc) is 2.45. The largest absolute Gasteiger partial charge is 0.312 e. The number of nitrogens with zero attached hydrogens (tertiary/aromatic N) is 1. The zero-order valence-electron chi connectivity index (χ0n) is 10.6. The second-order valence-corrected chi connectivity index (χ2v) is 5.91. The maximum Gasteiger partial charge on any atom is 0.0672 e. The molecule has 3 heteroatoms. The molecule has 1 aliphatic carbocycles. The van der Waals surface area contributed by atoms with Crippen molar-refractivity contribution in [2.24, 2.45) is 5.92 Å². The first-order valence-corrected chi connectivity index (χ1v) is 7.69. The van der Waals surface area contributed by atoms with E-state index in [0.29, 0.717) is 6.04 Å². The number of benzene rings is 1. The van der Waals surface area contributed by atoms with Crippen molar-refractivity contribution in [1.29, 1.82) is 5.26 Å². The Morgan fingerprint density at radius 2 is 2.00 bits per heavy atom. The lowest BCUT2D eigenvalue weighted by Gasteiger charge is -2.27. The van der Waals surface area contributed by atoms with Crippen molar-refractivity contribution < 1.29 is 0 Å². The summed E-state index contributed by atoms with van der Waals surface area (Å²) in [6.07, 6.45) is 4.71. The van der Waals surface area contributed by atoms with Gasteiger partial charge in [0.1, 0.15) is 0 Å². The Labute approximate surface area is 114 Å². The number of thioether (sulfide) groups is 1. The highest BCUT2D eigenvalue weighted by molar-refractivity contribution is 7.99. The molecule has 2 atom stereocenters. The van der Waals surface area contributed by atoms with Crippen molar-refractivity contribution in [2.45, 2.75) is 36.6 Å². The summed E-state index contributed by atoms with van der Waals surface area (Å²) in [6.45, 7) is 0.988. The van der Waals surface area contributed by atoms with Crippen LogP contribution in [0.25, 0.3) is 0 Å². The molecule has 1 aliphatic rings. The molecule has 0 aliphatic heterocycles. The Balaban J connectivity index is 1.67. The maximum atomic E-state index is 9.10. The zero-order valence-corrected chi connectivity index (χ0v) is 11.5. The molecule has 2 nitrogen and oxygen atoms in total. The van der Waals surface area contributed by atoms with E-state index < -0.39 is 0 Å². The van der Waals surface area contributed by atoms with Crippen LogP contribution in [-0.4, -0.2) is 18.3 Å². The van der Waals surface area contributed by atoms with Gasteiger partial charge in [-0.15, -0.1) is 11.8 Å². The van der Waals surface area contributed by atoms with Gasteiger partial charge in [-0.25, -0.2) is 0 Å². The molecule has 0 aromatic heterocycles. The van der Waals surface area contributed by atoms with E-state index in [1.165, 1.54) is 17.7 Å². The van der Waals surface area contributed by atoms with Crippen LogP contribution in [0.5, 0.6) is 0 Å². The molecule has 18 heavy (non-hydrogen) atoms. The quantitative estimate of drug-likeness (QED) is 0.650. The lowest BCUT2D eigenvalue weighted by Crippen LogP contribution is -2.39. The third-order valence-electron chi connectivity index (χ3n) is 3.45. The van der Waals surface area contributed by atoms with Gasteiger partial charge in [0.05, 0.1) is 12.0 Å². The fraction of sp³-hybridized carbons (Fsp3) is 0.533. The van der Waals surface area contributed by atoms with Gasteiger partial charge in [0.25, 0.3) is 0 Å². The summed E-state index contributed by atoms with van der Waals surface area (Å²) in [5.74, 6) is 1.29. The van der Waals surface area contributed by atoms with E-state index in [9.17, 15) is 0 Å². The Hall–Kier alpha value is -0.980. The minimum atomic E-state index is 0.223. The maximum absolute atomic E-state index is 9.10. The van der Waals surface area contributed by atoms with Gasteiger partial charge in [-0.1, -0.05) is 31.0 Å². The normalized spacial score (nSPS) is 23.5. The van der Waals surface area contributed by atoms with Gasteiger partial charge in [0.15, 0.2) is 0 Å². The number of hydrogen-bond donors (Lipinski definition) is 1. The van der Waals surface area contributed by atoms with Crippen molar-refractivity contribution >= 4 is 11.8 Å². The molecule has 1 saturated carbocycles. The van der Waals surface area contributed by atoms with Gasteiger partial charge in [-0.2, -0.15) is 5.26 Å². The van der Waals surface area contributed by atoms with E-state index in [1.807, 2.05) is 17.8 Å². The SMILES string of the molecule is N#CC1CCCCC1NCCSc1ccccc1. The van der Waals surface area contributed by atoms with Crippen LogP contribution in [0.2, 0.25) is 0 Å². The molecule has 1 N–H and O–H groups in total. The molecule has 0 radical (unpaired) electrons. The van der Waals surface area contributed by atoms with Gasteiger partial charge in [-0.3, -0.25) is 0 Å². The standard InChI is InChI=1S/C15H20N2S/c16-12-13-6-4-5-9-15(13)17-10-11-18-14-7-2-1-3-8-14/h1-3,7-8,13,15,17H,4-6,9-11H2. The Morgan fingerprint density at radius 1 is 1.22 bits per heavy atom. The molecule has 96 valence electrons. The summed E-state index contributed by atoms with van der Waals surface area (Å²) in [4.78, 5) is 1.32. The van der Waals surface area contributed by atoms with Crippen molar-refractivity contribution in [1.82, 2.24) is 5.32 Å². The topological polar surface area (TPSA) is 35.8 Å². The van der Waals surface area contributed by atoms with Gasteiger partial charge in [-0.05, 0) is 25.0 Å². The molecule has 1 aromatic rings. The predicted octanol–water partition coefficient (Wildman–Crippen LogP) is 3.45. The summed E-state index contributed by atoms with van der Waals surface area (Å²) in [5, 5.41) is 12.7. The van der Waals surface area contributed by atoms with Gasteiger partial charge >= 0.3 is 0 Å². The minimum absolute atomic E-state index is 0.223. The summed E-state index contributed by atoms with van der Waals surface area (Å²) < 4.78 is 0. The first-order valence-electron chi connectivity index (χ1n) is 6.71. The molecule has 0 spiro atoms. The van der Waals surface area contributed by atoms with Crippen LogP contribution in [-0.2, 0) is 0 Å². The molecule has 1 fully saturated rings. The van der Waals surface area contributed by atoms with Crippen molar-refractivity contribution in [2.75, 3.05) is 12.3 Å². The molecule has 1 aromatic carbocycles. The summed E-state index contributed by atoms with van der Waals surface area (Å²) in [5.41, 5.74) is 0. The third kappa shape index (κ3) is 4.04. The lowest BCUT2D eigenvalue weighted by molar-refractivity contribution is 0.318. The van der Waals surface area contributed by atoms with E-state index in [2.05, 4.69) is 35.7 Å². The Morgan fingerprint density at radius 3 is 2.78 bits per heavy atom. The molecular formula is C15H20N2S. The fourth-order valence-corrected chi connectivity index (χ4v) is 3.26. The number of nitrogens with one attached hydrogen (secondary N) is 1. The first-order chi connectivity index (χ1) is 8.90. The zero-order chi connectivity index (χ0) is 12.6. The first kappa shape index (κ1) is 13.5. The van der Waals surface area contributed by atoms with Crippen molar-refractivity contribution in [3.8, 4) is 6.07 Å². The van der Waals surface area contributed by atoms with E-state index in [1.54, 1.807) is 0 Å². The Bertz CT molecular complexity index is 385. The predicted molar refractivity (Wildman–Crippen MR) is 76.5 cm³/mol. The molecule has 2 unspecified atom stereocenters. The molecule has 2 rings (SSSR count). The molecule has 0 saturated heterocycles. The number of nitriles is 1. The van der Waals surface area contributed by atoms with Crippen LogP contribution in [0, 0.1) is 17.2 Å². The number of hydrogen-bond acceptors (Lipinski definition) is 3. The van der Waals surface area contributed by atoms with Gasteiger partial charge in [0, 0.05) is 23.2 Å². The molecule has 0 amide bonds. The van der Waals surface area contributed by atoms with E-state index in [0.717, 1.165) is 25.1 Å². The smallest absolute Gasteiger partial charge is 0.0672 e. The van der Waals surface area contributed by atoms with Gasteiger partial charge in [0.2, 0.25) is 0 Å².